The summed E-state index contributed by atoms with van der Waals surface area (Å²) in [6.07, 6.45) is 7.33. The van der Waals surface area contributed by atoms with Crippen LogP contribution < -0.4 is 20.3 Å². The number of aromatic nitrogens is 5. The van der Waals surface area contributed by atoms with Gasteiger partial charge in [-0.05, 0) is 122 Å². The maximum absolute atomic E-state index is 17.5. The summed E-state index contributed by atoms with van der Waals surface area (Å²) in [7, 11) is 0. The number of morpholine rings is 1. The number of aromatic hydroxyl groups is 1. The van der Waals surface area contributed by atoms with Crippen LogP contribution in [-0.2, 0) is 38.6 Å². The molecule has 0 spiro atoms. The van der Waals surface area contributed by atoms with Crippen LogP contribution in [0.5, 0.6) is 11.8 Å². The Hall–Kier alpha value is -7.36. The number of anilines is 2. The second-order valence-corrected chi connectivity index (χ2v) is 22.5. The van der Waals surface area contributed by atoms with E-state index in [1.54, 1.807) is 11.0 Å². The van der Waals surface area contributed by atoms with Crippen molar-refractivity contribution in [2.24, 2.45) is 5.92 Å². The van der Waals surface area contributed by atoms with Crippen molar-refractivity contribution in [3.8, 4) is 23.0 Å². The molecule has 4 atom stereocenters. The molecule has 3 aromatic carbocycles. The third-order valence-electron chi connectivity index (χ3n) is 17.2. The van der Waals surface area contributed by atoms with Crippen LogP contribution in [-0.4, -0.2) is 170 Å². The van der Waals surface area contributed by atoms with Gasteiger partial charge in [-0.15, -0.1) is 0 Å². The Morgan fingerprint density at radius 3 is 2.41 bits per heavy atom. The van der Waals surface area contributed by atoms with Gasteiger partial charge < -0.3 is 34.6 Å². The summed E-state index contributed by atoms with van der Waals surface area (Å²) < 4.78 is 46.9. The molecule has 6 aromatic rings. The second kappa shape index (κ2) is 22.6. The molecule has 12 rings (SSSR count). The molecule has 3 aromatic heterocycles. The van der Waals surface area contributed by atoms with E-state index in [-0.39, 0.29) is 71.2 Å². The van der Waals surface area contributed by atoms with Gasteiger partial charge in [0.2, 0.25) is 17.7 Å². The Morgan fingerprint density at radius 2 is 1.66 bits per heavy atom. The zero-order valence-corrected chi connectivity index (χ0v) is 45.3. The van der Waals surface area contributed by atoms with Gasteiger partial charge in [0.25, 0.3) is 5.91 Å². The Morgan fingerprint density at radius 1 is 0.900 bits per heavy atom. The van der Waals surface area contributed by atoms with E-state index in [1.165, 1.54) is 30.0 Å². The van der Waals surface area contributed by atoms with Crippen LogP contribution in [0.3, 0.4) is 0 Å². The molecule has 0 saturated carbocycles. The van der Waals surface area contributed by atoms with Gasteiger partial charge in [0.1, 0.15) is 34.6 Å². The van der Waals surface area contributed by atoms with Crippen LogP contribution in [0, 0.1) is 17.6 Å². The largest absolute Gasteiger partial charge is 0.508 e. The molecule has 80 heavy (non-hydrogen) atoms. The molecule has 3 unspecified atom stereocenters. The highest BCUT2D eigenvalue weighted by Gasteiger charge is 2.38. The quantitative estimate of drug-likeness (QED) is 0.103. The smallest absolute Gasteiger partial charge is 0.319 e. The molecular weight excluding hydrogens is 1030 g/mol. The lowest BCUT2D eigenvalue weighted by molar-refractivity contribution is -0.135. The number of halogens is 2. The minimum absolute atomic E-state index is 0.000461. The lowest BCUT2D eigenvalue weighted by atomic mass is 9.89. The number of phenolic OH excluding ortho intramolecular Hbond substituents is 1. The molecule has 6 aliphatic heterocycles. The molecule has 0 aliphatic carbocycles. The highest BCUT2D eigenvalue weighted by molar-refractivity contribution is 6.02. The van der Waals surface area contributed by atoms with Crippen LogP contribution in [0.25, 0.3) is 32.9 Å². The molecular formula is C59H68F2N12O7. The zero-order chi connectivity index (χ0) is 55.2. The monoisotopic (exact) mass is 1090 g/mol. The van der Waals surface area contributed by atoms with Gasteiger partial charge in [0.15, 0.2) is 11.5 Å². The average molecular weight is 1100 g/mol. The third kappa shape index (κ3) is 10.9. The van der Waals surface area contributed by atoms with Crippen molar-refractivity contribution in [1.29, 1.82) is 0 Å². The molecule has 6 aliphatic rings. The number of pyridine rings is 1. The fraction of sp³-hybridized carbons (Fsp3) is 0.492. The first-order valence-electron chi connectivity index (χ1n) is 28.4. The molecule has 19 nitrogen and oxygen atoms in total. The number of fused-ring (bicyclic) bond motifs is 5. The highest BCUT2D eigenvalue weighted by atomic mass is 19.1. The first kappa shape index (κ1) is 53.3. The van der Waals surface area contributed by atoms with E-state index < -0.39 is 17.7 Å². The standard InChI is InChI=1S/C59H68F2N12O7/c1-3-44-47(60)12-7-38-25-43(74)27-45(52(38)44)54-53(61)55-46(28-62-54)56(66-59(65-55)80-32-35(2)29-72-40-10-11-41(72)34-79-33-40)71-17-4-18-73-42(30-71)26-49(67-73)58(78)70-23-21-69(22-24-70)51(76)31-68-19-15-37(16-20-68)36-5-8-39(9-6-36)63-48-13-14-50(75)64-57(48)77/h5-9,12,25-28,35,37,40-41,48,63,74H,3-4,10-11,13-24,29-34H2,1-2H3,(H,64,75,77)/t35-,40?,41?,48?/m1/s1. The molecule has 9 heterocycles. The van der Waals surface area contributed by atoms with Crippen molar-refractivity contribution >= 4 is 56.8 Å². The average Bonchev–Trinajstić information content (AvgIpc) is 3.90. The topological polar surface area (TPSA) is 204 Å². The fourth-order valence-corrected chi connectivity index (χ4v) is 12.9. The Bertz CT molecular complexity index is 3330. The lowest BCUT2D eigenvalue weighted by Crippen LogP contribution is -2.53. The zero-order valence-electron chi connectivity index (χ0n) is 45.3. The number of hydrogen-bond donors (Lipinski definition) is 3. The van der Waals surface area contributed by atoms with Gasteiger partial charge in [-0.1, -0.05) is 32.0 Å². The summed E-state index contributed by atoms with van der Waals surface area (Å²) in [5.41, 5.74) is 3.65. The maximum atomic E-state index is 17.5. The maximum Gasteiger partial charge on any atom is 0.319 e. The molecule has 420 valence electrons. The second-order valence-electron chi connectivity index (χ2n) is 22.5. The minimum atomic E-state index is -0.759. The number of likely N-dealkylation sites (tertiary alicyclic amines) is 1. The molecule has 3 N–H and O–H groups in total. The van der Waals surface area contributed by atoms with Gasteiger partial charge in [-0.25, -0.2) is 8.78 Å². The Balaban J connectivity index is 0.710. The molecule has 5 saturated heterocycles. The molecule has 2 bridgehead atoms. The highest BCUT2D eigenvalue weighted by Crippen LogP contribution is 2.40. The third-order valence-corrected chi connectivity index (χ3v) is 17.2. The summed E-state index contributed by atoms with van der Waals surface area (Å²) in [5.74, 6) is -1.14. The van der Waals surface area contributed by atoms with Crippen molar-refractivity contribution in [2.75, 3.05) is 88.9 Å². The number of carbonyl (C=O) groups is 4. The number of nitrogens with zero attached hydrogens (tertiary/aromatic N) is 10. The number of rotatable bonds is 14. The Labute approximate surface area is 462 Å². The number of piperidine rings is 2. The van der Waals surface area contributed by atoms with Crippen molar-refractivity contribution in [3.05, 3.63) is 94.9 Å². The van der Waals surface area contributed by atoms with Crippen LogP contribution in [0.2, 0.25) is 0 Å². The number of carbonyl (C=O) groups excluding carboxylic acids is 4. The summed E-state index contributed by atoms with van der Waals surface area (Å²) in [4.78, 5) is 76.2. The number of imide groups is 1. The summed E-state index contributed by atoms with van der Waals surface area (Å²) in [6, 6.07) is 16.1. The number of phenols is 1. The predicted molar refractivity (Wildman–Crippen MR) is 295 cm³/mol. The van der Waals surface area contributed by atoms with Crippen LogP contribution in [0.1, 0.15) is 92.0 Å². The lowest BCUT2D eigenvalue weighted by Gasteiger charge is -2.37. The normalized spacial score (nSPS) is 21.6. The predicted octanol–water partition coefficient (Wildman–Crippen LogP) is 6.26. The van der Waals surface area contributed by atoms with Gasteiger partial charge in [0.05, 0.1) is 44.0 Å². The number of ether oxygens (including phenoxy) is 2. The molecule has 4 amide bonds. The van der Waals surface area contributed by atoms with E-state index in [4.69, 9.17) is 24.5 Å². The van der Waals surface area contributed by atoms with E-state index in [0.717, 1.165) is 69.9 Å². The van der Waals surface area contributed by atoms with Gasteiger partial charge >= 0.3 is 6.01 Å². The Kier molecular flexibility index (Phi) is 15.1. The van der Waals surface area contributed by atoms with Crippen molar-refractivity contribution < 1.29 is 42.5 Å². The number of nitrogens with one attached hydrogen (secondary N) is 2. The summed E-state index contributed by atoms with van der Waals surface area (Å²) in [5, 5.41) is 22.6. The van der Waals surface area contributed by atoms with E-state index in [9.17, 15) is 24.3 Å². The molecule has 5 fully saturated rings. The van der Waals surface area contributed by atoms with E-state index in [2.05, 4.69) is 44.5 Å². The number of piperazine rings is 1. The van der Waals surface area contributed by atoms with Gasteiger partial charge in [-0.2, -0.15) is 15.1 Å². The van der Waals surface area contributed by atoms with Crippen LogP contribution in [0.4, 0.5) is 20.3 Å². The fourth-order valence-electron chi connectivity index (χ4n) is 12.9. The van der Waals surface area contributed by atoms with E-state index >= 15 is 8.78 Å². The summed E-state index contributed by atoms with van der Waals surface area (Å²) in [6.45, 7) is 11.3. The van der Waals surface area contributed by atoms with E-state index in [1.807, 2.05) is 39.6 Å². The number of aryl methyl sites for hydroxylation is 2. The summed E-state index contributed by atoms with van der Waals surface area (Å²) >= 11 is 0. The first-order valence-corrected chi connectivity index (χ1v) is 28.4. The van der Waals surface area contributed by atoms with Gasteiger partial charge in [-0.3, -0.25) is 44.0 Å². The minimum Gasteiger partial charge on any atom is -0.508 e. The van der Waals surface area contributed by atoms with Crippen LogP contribution in [0.15, 0.2) is 60.8 Å². The number of amides is 4. The van der Waals surface area contributed by atoms with Crippen molar-refractivity contribution in [2.45, 2.75) is 102 Å². The SMILES string of the molecule is CCc1c(F)ccc2cc(O)cc(-c3ncc4c(N5CCCn6nc(C(=O)N7CCN(C(=O)CN8CCC(c9ccc(NC%10CCC(=O)NC%10=O)cc9)CC8)CC7)cc6C5)nc(OC[C@H](C)CN5C6CCC5COC6)nc4c3F)c12. The first-order chi connectivity index (χ1) is 38.8. The van der Waals surface area contributed by atoms with Crippen molar-refractivity contribution in [3.63, 3.8) is 0 Å². The number of hydrogen-bond acceptors (Lipinski definition) is 15. The molecule has 21 heteroatoms. The van der Waals surface area contributed by atoms with Crippen molar-refractivity contribution in [1.82, 2.24) is 49.6 Å². The number of benzene rings is 3. The van der Waals surface area contributed by atoms with E-state index in [0.29, 0.717) is 123 Å². The van der Waals surface area contributed by atoms with Gasteiger partial charge in [0, 0.05) is 87.7 Å². The van der Waals surface area contributed by atoms with Crippen LogP contribution >= 0.6 is 0 Å². The molecule has 0 radical (unpaired) electrons.